The maximum absolute atomic E-state index is 9.62. The maximum Gasteiger partial charge on any atom is 0.0934 e. The van der Waals surface area contributed by atoms with Gasteiger partial charge in [0.15, 0.2) is 0 Å². The summed E-state index contributed by atoms with van der Waals surface area (Å²) in [5.41, 5.74) is 0. The van der Waals surface area contributed by atoms with Crippen molar-refractivity contribution in [3.63, 3.8) is 0 Å². The van der Waals surface area contributed by atoms with E-state index in [0.717, 1.165) is 12.8 Å². The highest BCUT2D eigenvalue weighted by atomic mass is 17.1. The Labute approximate surface area is 50.4 Å². The van der Waals surface area contributed by atoms with Gasteiger partial charge < -0.3 is 0 Å². The topological polar surface area (TPSA) is 29.1 Å². The summed E-state index contributed by atoms with van der Waals surface area (Å²) in [6, 6.07) is 0. The van der Waals surface area contributed by atoms with Crippen LogP contribution in [0.5, 0.6) is 0 Å². The zero-order valence-electron chi connectivity index (χ0n) is 5.39. The average Bonchev–Trinajstić information content (AvgIpc) is 1.83. The molecule has 2 radical (unpaired) electrons. The molecule has 0 saturated heterocycles. The standard InChI is InChI=1S/C6H12O2/c1-3-4-5-6(2)8-7/h3,6H,4-5H2,1-2H3. The molecule has 0 N–H and O–H groups in total. The Bertz CT molecular complexity index is 45.8. The van der Waals surface area contributed by atoms with Gasteiger partial charge in [0.05, 0.1) is 6.10 Å². The van der Waals surface area contributed by atoms with Gasteiger partial charge in [-0.2, -0.15) is 0 Å². The number of hydrogen-bond donors (Lipinski definition) is 0. The summed E-state index contributed by atoms with van der Waals surface area (Å²) in [7, 11) is 0. The summed E-state index contributed by atoms with van der Waals surface area (Å²) in [5.74, 6) is 0. The van der Waals surface area contributed by atoms with Crippen molar-refractivity contribution >= 4 is 0 Å². The van der Waals surface area contributed by atoms with E-state index in [1.165, 1.54) is 0 Å². The second kappa shape index (κ2) is 5.06. The SMILES string of the molecule is C[CH]CCC(C)O[O]. The van der Waals surface area contributed by atoms with E-state index in [1.807, 2.05) is 13.3 Å². The van der Waals surface area contributed by atoms with Crippen LogP contribution in [0.15, 0.2) is 0 Å². The second-order valence-electron chi connectivity index (χ2n) is 1.89. The smallest absolute Gasteiger partial charge is 0.0934 e. The van der Waals surface area contributed by atoms with Crippen LogP contribution < -0.4 is 0 Å². The average molecular weight is 116 g/mol. The molecule has 0 aliphatic carbocycles. The predicted molar refractivity (Wildman–Crippen MR) is 30.4 cm³/mol. The van der Waals surface area contributed by atoms with Crippen molar-refractivity contribution in [3.8, 4) is 0 Å². The molecule has 0 aliphatic rings. The highest BCUT2D eigenvalue weighted by Crippen LogP contribution is 2.00. The van der Waals surface area contributed by atoms with Crippen LogP contribution in [0.1, 0.15) is 26.7 Å². The van der Waals surface area contributed by atoms with E-state index in [0.29, 0.717) is 0 Å². The molecule has 0 fully saturated rings. The van der Waals surface area contributed by atoms with Crippen molar-refractivity contribution in [1.82, 2.24) is 0 Å². The predicted octanol–water partition coefficient (Wildman–Crippen LogP) is 1.74. The molecule has 1 atom stereocenters. The van der Waals surface area contributed by atoms with Gasteiger partial charge in [0.1, 0.15) is 0 Å². The van der Waals surface area contributed by atoms with Gasteiger partial charge in [-0.25, -0.2) is 4.89 Å². The highest BCUT2D eigenvalue weighted by Gasteiger charge is 1.98. The maximum atomic E-state index is 9.62. The lowest BCUT2D eigenvalue weighted by atomic mass is 10.2. The highest BCUT2D eigenvalue weighted by molar-refractivity contribution is 4.58. The van der Waals surface area contributed by atoms with Crippen molar-refractivity contribution < 1.29 is 10.1 Å². The van der Waals surface area contributed by atoms with Crippen molar-refractivity contribution in [3.05, 3.63) is 6.42 Å². The van der Waals surface area contributed by atoms with Gasteiger partial charge in [-0.15, -0.1) is 0 Å². The van der Waals surface area contributed by atoms with E-state index in [-0.39, 0.29) is 6.10 Å². The molecule has 2 heteroatoms. The first-order valence-electron chi connectivity index (χ1n) is 2.87. The van der Waals surface area contributed by atoms with Gasteiger partial charge in [0.25, 0.3) is 0 Å². The Kier molecular flexibility index (Phi) is 5.01. The van der Waals surface area contributed by atoms with Crippen LogP contribution in [0.2, 0.25) is 0 Å². The third kappa shape index (κ3) is 4.09. The lowest BCUT2D eigenvalue weighted by Gasteiger charge is -2.01. The Balaban J connectivity index is 2.86. The quantitative estimate of drug-likeness (QED) is 0.406. The van der Waals surface area contributed by atoms with Gasteiger partial charge in [-0.1, -0.05) is 6.92 Å². The summed E-state index contributed by atoms with van der Waals surface area (Å²) in [6.45, 7) is 3.74. The third-order valence-corrected chi connectivity index (χ3v) is 1.03. The molecule has 0 saturated carbocycles. The summed E-state index contributed by atoms with van der Waals surface area (Å²) >= 11 is 0. The number of hydrogen-bond acceptors (Lipinski definition) is 1. The molecule has 48 valence electrons. The van der Waals surface area contributed by atoms with E-state index in [4.69, 9.17) is 0 Å². The minimum Gasteiger partial charge on any atom is -0.201 e. The van der Waals surface area contributed by atoms with E-state index >= 15 is 0 Å². The largest absolute Gasteiger partial charge is 0.201 e. The first-order chi connectivity index (χ1) is 3.81. The van der Waals surface area contributed by atoms with Crippen LogP contribution in [0.25, 0.3) is 0 Å². The molecule has 0 aromatic heterocycles. The molecule has 0 aromatic rings. The van der Waals surface area contributed by atoms with Gasteiger partial charge in [-0.3, -0.25) is 0 Å². The molecule has 1 unspecified atom stereocenters. The molecule has 8 heavy (non-hydrogen) atoms. The number of rotatable bonds is 4. The molecule has 2 nitrogen and oxygen atoms in total. The summed E-state index contributed by atoms with van der Waals surface area (Å²) in [5, 5.41) is 9.62. The first-order valence-corrected chi connectivity index (χ1v) is 2.87. The van der Waals surface area contributed by atoms with Crippen LogP contribution in [0.4, 0.5) is 0 Å². The fourth-order valence-electron chi connectivity index (χ4n) is 0.449. The van der Waals surface area contributed by atoms with E-state index in [1.54, 1.807) is 6.92 Å². The monoisotopic (exact) mass is 116 g/mol. The molecule has 0 aromatic carbocycles. The Hall–Kier alpha value is -0.0800. The van der Waals surface area contributed by atoms with Crippen LogP contribution >= 0.6 is 0 Å². The van der Waals surface area contributed by atoms with Crippen LogP contribution in [-0.4, -0.2) is 6.10 Å². The van der Waals surface area contributed by atoms with Crippen molar-refractivity contribution in [2.75, 3.05) is 0 Å². The van der Waals surface area contributed by atoms with E-state index in [9.17, 15) is 5.26 Å². The van der Waals surface area contributed by atoms with Gasteiger partial charge in [0, 0.05) is 0 Å². The Morgan fingerprint density at radius 2 is 2.38 bits per heavy atom. The van der Waals surface area contributed by atoms with Gasteiger partial charge in [-0.05, 0) is 31.4 Å². The Morgan fingerprint density at radius 3 is 2.75 bits per heavy atom. The zero-order chi connectivity index (χ0) is 6.41. The summed E-state index contributed by atoms with van der Waals surface area (Å²) in [6.07, 6.45) is 3.69. The fraction of sp³-hybridized carbons (Fsp3) is 0.833. The molecule has 0 bridgehead atoms. The Morgan fingerprint density at radius 1 is 1.75 bits per heavy atom. The summed E-state index contributed by atoms with van der Waals surface area (Å²) < 4.78 is 0. The van der Waals surface area contributed by atoms with Crippen molar-refractivity contribution in [1.29, 1.82) is 0 Å². The lowest BCUT2D eigenvalue weighted by Crippen LogP contribution is -2.02. The van der Waals surface area contributed by atoms with E-state index < -0.39 is 0 Å². The first kappa shape index (κ1) is 7.92. The van der Waals surface area contributed by atoms with Crippen molar-refractivity contribution in [2.24, 2.45) is 0 Å². The zero-order valence-corrected chi connectivity index (χ0v) is 5.39. The van der Waals surface area contributed by atoms with E-state index in [2.05, 4.69) is 4.89 Å². The minimum absolute atomic E-state index is 0.133. The lowest BCUT2D eigenvalue weighted by molar-refractivity contribution is -0.331. The van der Waals surface area contributed by atoms with Crippen LogP contribution in [-0.2, 0) is 10.1 Å². The summed E-state index contributed by atoms with van der Waals surface area (Å²) in [4.78, 5) is 3.78. The minimum atomic E-state index is -0.133. The molecular formula is C6H12O2. The van der Waals surface area contributed by atoms with Gasteiger partial charge in [0.2, 0.25) is 0 Å². The van der Waals surface area contributed by atoms with Gasteiger partial charge >= 0.3 is 0 Å². The normalized spacial score (nSPS) is 13.9. The van der Waals surface area contributed by atoms with Crippen molar-refractivity contribution in [2.45, 2.75) is 32.8 Å². The second-order valence-corrected chi connectivity index (χ2v) is 1.89. The molecule has 0 amide bonds. The van der Waals surface area contributed by atoms with Crippen LogP contribution in [0.3, 0.4) is 0 Å². The molecule has 0 heterocycles. The molecule has 0 rings (SSSR count). The third-order valence-electron chi connectivity index (χ3n) is 1.03. The molecular weight excluding hydrogens is 104 g/mol. The van der Waals surface area contributed by atoms with Crippen LogP contribution in [0, 0.1) is 6.42 Å². The number of unbranched alkanes of at least 4 members (excludes halogenated alkanes) is 1. The molecule has 0 aliphatic heterocycles. The fourth-order valence-corrected chi connectivity index (χ4v) is 0.449. The molecule has 0 spiro atoms.